The summed E-state index contributed by atoms with van der Waals surface area (Å²) in [7, 11) is 0. The number of fused-ring (bicyclic) bond motifs is 5. The number of carbonyl (C=O) groups is 3. The van der Waals surface area contributed by atoms with Crippen molar-refractivity contribution >= 4 is 17.5 Å². The van der Waals surface area contributed by atoms with Crippen molar-refractivity contribution < 1.29 is 43.2 Å². The molecule has 0 unspecified atom stereocenters. The molecule has 4 aliphatic carbocycles. The van der Waals surface area contributed by atoms with Gasteiger partial charge in [0.25, 0.3) is 0 Å². The number of rotatable bonds is 3. The van der Waals surface area contributed by atoms with Gasteiger partial charge in [-0.3, -0.25) is 14.4 Å². The van der Waals surface area contributed by atoms with Gasteiger partial charge in [0.15, 0.2) is 22.8 Å². The molecule has 7 atom stereocenters. The standard InChI is InChI=1S/C24H26F2O7/c1-12(28)33-18-8-16-15-6-13(10-25)24(32,20(31)11-27)22(15,3)9-19(30)23(16,26)21(2)5-4-14(29)7-17(18)21/h4-5,7-8,10,15-16,19,27,30,32H,6,9,11H2,1-3H3/t15-,16-,19-,21-,22-,23-,24-/m0/s1. The van der Waals surface area contributed by atoms with Crippen LogP contribution in [0.4, 0.5) is 8.78 Å². The topological polar surface area (TPSA) is 121 Å². The summed E-state index contributed by atoms with van der Waals surface area (Å²) in [6, 6.07) is 0. The summed E-state index contributed by atoms with van der Waals surface area (Å²) in [4.78, 5) is 36.5. The molecule has 3 N–H and O–H groups in total. The van der Waals surface area contributed by atoms with Gasteiger partial charge < -0.3 is 20.1 Å². The van der Waals surface area contributed by atoms with E-state index < -0.39 is 70.6 Å². The average molecular weight is 464 g/mol. The second-order valence-corrected chi connectivity index (χ2v) is 9.79. The highest BCUT2D eigenvalue weighted by atomic mass is 19.1. The monoisotopic (exact) mass is 464 g/mol. The van der Waals surface area contributed by atoms with Crippen LogP contribution in [-0.4, -0.2) is 56.8 Å². The van der Waals surface area contributed by atoms with Crippen molar-refractivity contribution in [2.75, 3.05) is 6.61 Å². The zero-order valence-electron chi connectivity index (χ0n) is 18.5. The van der Waals surface area contributed by atoms with E-state index in [0.717, 1.165) is 13.0 Å². The van der Waals surface area contributed by atoms with Gasteiger partial charge in [0.05, 0.1) is 17.8 Å². The van der Waals surface area contributed by atoms with Gasteiger partial charge in [-0.1, -0.05) is 13.0 Å². The van der Waals surface area contributed by atoms with Crippen molar-refractivity contribution in [2.24, 2.45) is 22.7 Å². The third-order valence-corrected chi connectivity index (χ3v) is 8.32. The number of aliphatic hydroxyl groups excluding tert-OH is 2. The van der Waals surface area contributed by atoms with E-state index in [0.29, 0.717) is 0 Å². The Balaban J connectivity index is 1.98. The molecule has 0 aliphatic heterocycles. The lowest BCUT2D eigenvalue weighted by molar-refractivity contribution is -0.201. The number of carbonyl (C=O) groups excluding carboxylic acids is 3. The zero-order chi connectivity index (χ0) is 24.6. The highest BCUT2D eigenvalue weighted by molar-refractivity contribution is 6.02. The van der Waals surface area contributed by atoms with Gasteiger partial charge in [0.2, 0.25) is 0 Å². The Kier molecular flexibility index (Phi) is 5.20. The second-order valence-electron chi connectivity index (χ2n) is 9.79. The Morgan fingerprint density at radius 1 is 1.33 bits per heavy atom. The number of allylic oxidation sites excluding steroid dienone is 5. The minimum atomic E-state index is -2.45. The van der Waals surface area contributed by atoms with Gasteiger partial charge in [0, 0.05) is 23.8 Å². The van der Waals surface area contributed by atoms with E-state index >= 15 is 4.39 Å². The number of ether oxygens (including phenoxy) is 1. The van der Waals surface area contributed by atoms with Crippen LogP contribution in [0.3, 0.4) is 0 Å². The molecule has 178 valence electrons. The van der Waals surface area contributed by atoms with E-state index in [1.54, 1.807) is 0 Å². The number of esters is 1. The van der Waals surface area contributed by atoms with Crippen molar-refractivity contribution in [1.82, 2.24) is 0 Å². The normalized spacial score (nSPS) is 45.0. The SMILES string of the molecule is CC(=O)OC1=C[C@H]2[C@@H]3CC(=CF)[C@](O)(C(=O)CO)[C@@]3(C)C[C@H](O)[C@]2(F)[C@@]2(C)C=CC(=O)C=C12. The fourth-order valence-electron chi connectivity index (χ4n) is 6.63. The first-order chi connectivity index (χ1) is 15.3. The maximum Gasteiger partial charge on any atom is 0.308 e. The van der Waals surface area contributed by atoms with Gasteiger partial charge in [0.1, 0.15) is 12.4 Å². The van der Waals surface area contributed by atoms with Gasteiger partial charge in [-0.2, -0.15) is 0 Å². The van der Waals surface area contributed by atoms with Gasteiger partial charge in [-0.15, -0.1) is 0 Å². The fraction of sp³-hybridized carbons (Fsp3) is 0.542. The zero-order valence-corrected chi connectivity index (χ0v) is 18.5. The average Bonchev–Trinajstić information content (AvgIpc) is 2.98. The molecule has 0 aromatic heterocycles. The van der Waals surface area contributed by atoms with Crippen LogP contribution in [0.25, 0.3) is 0 Å². The van der Waals surface area contributed by atoms with E-state index in [1.165, 1.54) is 32.1 Å². The number of alkyl halides is 1. The number of Topliss-reactive ketones (excluding diaryl/α,β-unsaturated/α-hetero) is 1. The maximum absolute atomic E-state index is 17.2. The molecule has 2 saturated carbocycles. The summed E-state index contributed by atoms with van der Waals surface area (Å²) in [6.07, 6.45) is 2.65. The number of hydrogen-bond acceptors (Lipinski definition) is 7. The Morgan fingerprint density at radius 2 is 2.00 bits per heavy atom. The fourth-order valence-corrected chi connectivity index (χ4v) is 6.63. The van der Waals surface area contributed by atoms with Crippen LogP contribution < -0.4 is 0 Å². The largest absolute Gasteiger partial charge is 0.427 e. The molecule has 7 nitrogen and oxygen atoms in total. The lowest BCUT2D eigenvalue weighted by atomic mass is 9.46. The quantitative estimate of drug-likeness (QED) is 0.545. The first-order valence-corrected chi connectivity index (χ1v) is 10.7. The molecule has 0 spiro atoms. The molecule has 0 amide bonds. The third-order valence-electron chi connectivity index (χ3n) is 8.32. The summed E-state index contributed by atoms with van der Waals surface area (Å²) < 4.78 is 36.4. The van der Waals surface area contributed by atoms with Gasteiger partial charge in [-0.05, 0) is 49.5 Å². The van der Waals surface area contributed by atoms with Crippen LogP contribution in [0.5, 0.6) is 0 Å². The lowest BCUT2D eigenvalue weighted by Gasteiger charge is -2.61. The molecule has 4 rings (SSSR count). The molecule has 0 aromatic carbocycles. The number of halogens is 2. The summed E-state index contributed by atoms with van der Waals surface area (Å²) in [5, 5.41) is 32.1. The Hall–Kier alpha value is -2.49. The molecule has 0 radical (unpaired) electrons. The Bertz CT molecular complexity index is 1070. The third kappa shape index (κ3) is 2.73. The van der Waals surface area contributed by atoms with Crippen molar-refractivity contribution in [3.05, 3.63) is 47.5 Å². The predicted molar refractivity (Wildman–Crippen MR) is 111 cm³/mol. The number of ketones is 2. The Morgan fingerprint density at radius 3 is 2.58 bits per heavy atom. The van der Waals surface area contributed by atoms with E-state index in [4.69, 9.17) is 4.74 Å². The van der Waals surface area contributed by atoms with E-state index in [9.17, 15) is 34.1 Å². The van der Waals surface area contributed by atoms with Crippen molar-refractivity contribution in [2.45, 2.75) is 51.0 Å². The van der Waals surface area contributed by atoms with Crippen LogP contribution >= 0.6 is 0 Å². The minimum absolute atomic E-state index is 0.0628. The summed E-state index contributed by atoms with van der Waals surface area (Å²) in [5.74, 6) is -4.39. The highest BCUT2D eigenvalue weighted by Gasteiger charge is 2.75. The van der Waals surface area contributed by atoms with Crippen LogP contribution in [0, 0.1) is 22.7 Å². The molecular formula is C24H26F2O7. The summed E-state index contributed by atoms with van der Waals surface area (Å²) in [6.45, 7) is 3.01. The molecule has 4 aliphatic rings. The smallest absolute Gasteiger partial charge is 0.308 e. The molecule has 0 heterocycles. The first kappa shape index (κ1) is 23.7. The van der Waals surface area contributed by atoms with E-state index in [2.05, 4.69) is 0 Å². The first-order valence-electron chi connectivity index (χ1n) is 10.7. The highest BCUT2D eigenvalue weighted by Crippen LogP contribution is 2.70. The molecule has 0 saturated heterocycles. The van der Waals surface area contributed by atoms with Crippen LogP contribution in [-0.2, 0) is 19.1 Å². The van der Waals surface area contributed by atoms with E-state index in [1.807, 2.05) is 0 Å². The molecular weight excluding hydrogens is 438 g/mol. The van der Waals surface area contributed by atoms with E-state index in [-0.39, 0.29) is 29.7 Å². The number of hydrogen-bond donors (Lipinski definition) is 3. The van der Waals surface area contributed by atoms with Crippen molar-refractivity contribution in [3.8, 4) is 0 Å². The van der Waals surface area contributed by atoms with Crippen LogP contribution in [0.2, 0.25) is 0 Å². The molecule has 0 bridgehead atoms. The van der Waals surface area contributed by atoms with Crippen molar-refractivity contribution in [3.63, 3.8) is 0 Å². The van der Waals surface area contributed by atoms with Crippen molar-refractivity contribution in [1.29, 1.82) is 0 Å². The molecule has 2 fully saturated rings. The maximum atomic E-state index is 17.2. The molecule has 33 heavy (non-hydrogen) atoms. The lowest BCUT2D eigenvalue weighted by Crippen LogP contribution is -2.68. The van der Waals surface area contributed by atoms with Gasteiger partial charge in [-0.25, -0.2) is 8.78 Å². The Labute approximate surface area is 189 Å². The summed E-state index contributed by atoms with van der Waals surface area (Å²) >= 11 is 0. The predicted octanol–water partition coefficient (Wildman–Crippen LogP) is 1.78. The second kappa shape index (κ2) is 7.25. The van der Waals surface area contributed by atoms with Crippen LogP contribution in [0.1, 0.15) is 33.6 Å². The summed E-state index contributed by atoms with van der Waals surface area (Å²) in [5.41, 5.74) is -8.23. The van der Waals surface area contributed by atoms with Crippen LogP contribution in [0.15, 0.2) is 47.5 Å². The number of aliphatic hydroxyl groups is 3. The minimum Gasteiger partial charge on any atom is -0.427 e. The van der Waals surface area contributed by atoms with Gasteiger partial charge >= 0.3 is 5.97 Å². The molecule has 9 heteroatoms. The molecule has 0 aromatic rings.